The van der Waals surface area contributed by atoms with Gasteiger partial charge in [-0.1, -0.05) is 182 Å². The second kappa shape index (κ2) is 16.5. The number of rotatable bonds is 10. The van der Waals surface area contributed by atoms with Gasteiger partial charge in [0.2, 0.25) is 0 Å². The summed E-state index contributed by atoms with van der Waals surface area (Å²) in [5, 5.41) is 2.51. The maximum Gasteiger partial charge on any atom is 0.0462 e. The lowest BCUT2D eigenvalue weighted by Crippen LogP contribution is -2.10. The van der Waals surface area contributed by atoms with Gasteiger partial charge in [-0.25, -0.2) is 0 Å². The quantitative estimate of drug-likeness (QED) is 0.137. The zero-order chi connectivity index (χ0) is 40.1. The Bertz CT molecular complexity index is 2870. The van der Waals surface area contributed by atoms with E-state index >= 15 is 0 Å². The lowest BCUT2D eigenvalue weighted by molar-refractivity contribution is 1.28. The van der Waals surface area contributed by atoms with Crippen molar-refractivity contribution in [3.8, 4) is 44.5 Å². The number of benzene rings is 10. The van der Waals surface area contributed by atoms with Crippen LogP contribution < -0.4 is 9.80 Å². The molecule has 0 fully saturated rings. The minimum absolute atomic E-state index is 1.09. The molecule has 284 valence electrons. The van der Waals surface area contributed by atoms with Crippen LogP contribution in [0.15, 0.2) is 255 Å². The molecule has 2 nitrogen and oxygen atoms in total. The molecule has 0 unspecified atom stereocenters. The number of nitrogens with zero attached hydrogens (tertiary/aromatic N) is 2. The second-order valence-corrected chi connectivity index (χ2v) is 15.0. The summed E-state index contributed by atoms with van der Waals surface area (Å²) >= 11 is 0. The van der Waals surface area contributed by atoms with E-state index in [1.54, 1.807) is 0 Å². The van der Waals surface area contributed by atoms with Gasteiger partial charge in [-0.05, 0) is 128 Å². The first kappa shape index (κ1) is 36.4. The van der Waals surface area contributed by atoms with Gasteiger partial charge in [-0.15, -0.1) is 0 Å². The first-order valence-corrected chi connectivity index (χ1v) is 20.5. The third-order valence-electron chi connectivity index (χ3n) is 11.3. The van der Waals surface area contributed by atoms with Gasteiger partial charge in [0.1, 0.15) is 0 Å². The highest BCUT2D eigenvalue weighted by Gasteiger charge is 2.16. The van der Waals surface area contributed by atoms with Gasteiger partial charge in [0.05, 0.1) is 0 Å². The SMILES string of the molecule is c1ccc(-c2ccc(N(c3ccc(-c4ccccc4)cc3)c3ccc(-c4ccc(N(c5ccccc5)c5ccc(-c6cccc7ccccc67)cc5)cc4)cc3)cc2)cc1. The highest BCUT2D eigenvalue weighted by Crippen LogP contribution is 2.40. The standard InChI is InChI=1S/C58H42N2/c1-4-13-43(14-5-1)45-23-33-53(34-24-45)60(54-35-25-46(26-36-54)44-15-6-2-7-16-44)55-39-29-48(30-40-55)47-27-37-52(38-28-47)59(51-19-8-3-9-20-51)56-41-31-50(32-42-56)58-22-12-18-49-17-10-11-21-57(49)58/h1-42H. The van der Waals surface area contributed by atoms with Gasteiger partial charge in [0.25, 0.3) is 0 Å². The number of anilines is 6. The Balaban J connectivity index is 0.949. The molecule has 0 atom stereocenters. The van der Waals surface area contributed by atoms with Gasteiger partial charge in [0.15, 0.2) is 0 Å². The lowest BCUT2D eigenvalue weighted by atomic mass is 9.98. The Hall–Kier alpha value is -7.94. The predicted molar refractivity (Wildman–Crippen MR) is 255 cm³/mol. The van der Waals surface area contributed by atoms with E-state index in [0.29, 0.717) is 0 Å². The topological polar surface area (TPSA) is 6.48 Å². The van der Waals surface area contributed by atoms with E-state index in [2.05, 4.69) is 265 Å². The average molecular weight is 767 g/mol. The van der Waals surface area contributed by atoms with Crippen LogP contribution in [0.25, 0.3) is 55.3 Å². The molecule has 0 saturated carbocycles. The molecule has 0 aliphatic carbocycles. The predicted octanol–water partition coefficient (Wildman–Crippen LogP) is 16.4. The molecule has 0 aliphatic heterocycles. The Kier molecular flexibility index (Phi) is 10.0. The molecule has 10 aromatic rings. The summed E-state index contributed by atoms with van der Waals surface area (Å²) in [5.41, 5.74) is 16.2. The van der Waals surface area contributed by atoms with Crippen LogP contribution in [-0.4, -0.2) is 0 Å². The molecule has 0 heterocycles. The molecular formula is C58H42N2. The molecule has 0 saturated heterocycles. The Morgan fingerprint density at radius 3 is 0.867 bits per heavy atom. The van der Waals surface area contributed by atoms with Crippen molar-refractivity contribution in [1.29, 1.82) is 0 Å². The van der Waals surface area contributed by atoms with Gasteiger partial charge < -0.3 is 9.80 Å². The lowest BCUT2D eigenvalue weighted by Gasteiger charge is -2.26. The summed E-state index contributed by atoms with van der Waals surface area (Å²) in [5.74, 6) is 0. The molecule has 0 bridgehead atoms. The fraction of sp³-hybridized carbons (Fsp3) is 0. The molecule has 60 heavy (non-hydrogen) atoms. The number of hydrogen-bond donors (Lipinski definition) is 0. The highest BCUT2D eigenvalue weighted by molar-refractivity contribution is 5.97. The summed E-state index contributed by atoms with van der Waals surface area (Å²) in [7, 11) is 0. The monoisotopic (exact) mass is 766 g/mol. The zero-order valence-electron chi connectivity index (χ0n) is 33.1. The Labute approximate surface area is 352 Å². The van der Waals surface area contributed by atoms with Crippen molar-refractivity contribution in [3.63, 3.8) is 0 Å². The van der Waals surface area contributed by atoms with Crippen LogP contribution in [0.3, 0.4) is 0 Å². The maximum absolute atomic E-state index is 2.33. The Morgan fingerprint density at radius 2 is 0.467 bits per heavy atom. The van der Waals surface area contributed by atoms with E-state index in [9.17, 15) is 0 Å². The van der Waals surface area contributed by atoms with Gasteiger partial charge in [0, 0.05) is 34.1 Å². The summed E-state index contributed by atoms with van der Waals surface area (Å²) < 4.78 is 0. The summed E-state index contributed by atoms with van der Waals surface area (Å²) in [6, 6.07) is 91.3. The summed E-state index contributed by atoms with van der Waals surface area (Å²) in [6.45, 7) is 0. The fourth-order valence-corrected chi connectivity index (χ4v) is 8.21. The van der Waals surface area contributed by atoms with E-state index in [-0.39, 0.29) is 0 Å². The van der Waals surface area contributed by atoms with Crippen molar-refractivity contribution in [2.24, 2.45) is 0 Å². The van der Waals surface area contributed by atoms with Crippen molar-refractivity contribution in [3.05, 3.63) is 255 Å². The largest absolute Gasteiger partial charge is 0.311 e. The van der Waals surface area contributed by atoms with Crippen LogP contribution in [-0.2, 0) is 0 Å². The van der Waals surface area contributed by atoms with Crippen molar-refractivity contribution < 1.29 is 0 Å². The highest BCUT2D eigenvalue weighted by atomic mass is 15.1. The van der Waals surface area contributed by atoms with Crippen LogP contribution in [0.4, 0.5) is 34.1 Å². The molecule has 2 heteroatoms. The van der Waals surface area contributed by atoms with Crippen LogP contribution in [0.2, 0.25) is 0 Å². The molecule has 10 rings (SSSR count). The van der Waals surface area contributed by atoms with E-state index < -0.39 is 0 Å². The fourth-order valence-electron chi connectivity index (χ4n) is 8.21. The third-order valence-corrected chi connectivity index (χ3v) is 11.3. The first-order chi connectivity index (χ1) is 29.7. The zero-order valence-corrected chi connectivity index (χ0v) is 33.1. The van der Waals surface area contributed by atoms with Crippen LogP contribution in [0.5, 0.6) is 0 Å². The van der Waals surface area contributed by atoms with Crippen molar-refractivity contribution in [2.45, 2.75) is 0 Å². The van der Waals surface area contributed by atoms with Gasteiger partial charge >= 0.3 is 0 Å². The van der Waals surface area contributed by atoms with Crippen molar-refractivity contribution in [2.75, 3.05) is 9.80 Å². The number of fused-ring (bicyclic) bond motifs is 1. The second-order valence-electron chi connectivity index (χ2n) is 15.0. The van der Waals surface area contributed by atoms with Crippen molar-refractivity contribution >= 4 is 44.9 Å². The van der Waals surface area contributed by atoms with Crippen LogP contribution in [0, 0.1) is 0 Å². The average Bonchev–Trinajstić information content (AvgIpc) is 3.34. The van der Waals surface area contributed by atoms with E-state index in [1.807, 2.05) is 0 Å². The maximum atomic E-state index is 2.33. The molecule has 0 aliphatic rings. The molecule has 10 aromatic carbocycles. The minimum atomic E-state index is 1.09. The van der Waals surface area contributed by atoms with Crippen LogP contribution in [0.1, 0.15) is 0 Å². The van der Waals surface area contributed by atoms with Gasteiger partial charge in [-0.2, -0.15) is 0 Å². The molecule has 0 radical (unpaired) electrons. The number of para-hydroxylation sites is 1. The van der Waals surface area contributed by atoms with Gasteiger partial charge in [-0.3, -0.25) is 0 Å². The molecule has 0 spiro atoms. The Morgan fingerprint density at radius 1 is 0.183 bits per heavy atom. The minimum Gasteiger partial charge on any atom is -0.311 e. The van der Waals surface area contributed by atoms with E-state index in [0.717, 1.165) is 45.3 Å². The first-order valence-electron chi connectivity index (χ1n) is 20.5. The summed E-state index contributed by atoms with van der Waals surface area (Å²) in [6.07, 6.45) is 0. The normalized spacial score (nSPS) is 11.0. The number of hydrogen-bond acceptors (Lipinski definition) is 2. The van der Waals surface area contributed by atoms with Crippen molar-refractivity contribution in [1.82, 2.24) is 0 Å². The third kappa shape index (κ3) is 7.46. The van der Waals surface area contributed by atoms with Crippen LogP contribution >= 0.6 is 0 Å². The van der Waals surface area contributed by atoms with E-state index in [1.165, 1.54) is 44.2 Å². The molecule has 0 amide bonds. The van der Waals surface area contributed by atoms with E-state index in [4.69, 9.17) is 0 Å². The molecule has 0 N–H and O–H groups in total. The smallest absolute Gasteiger partial charge is 0.0462 e. The molecule has 0 aromatic heterocycles. The summed E-state index contributed by atoms with van der Waals surface area (Å²) in [4.78, 5) is 4.66. The molecular weight excluding hydrogens is 725 g/mol.